The molecule has 0 spiro atoms. The van der Waals surface area contributed by atoms with Crippen molar-refractivity contribution in [1.82, 2.24) is 16.0 Å². The van der Waals surface area contributed by atoms with Gasteiger partial charge < -0.3 is 20.7 Å². The first kappa shape index (κ1) is 23.2. The van der Waals surface area contributed by atoms with E-state index in [9.17, 15) is 0 Å². The third kappa shape index (κ3) is 7.40. The molecular weight excluding hydrogens is 439 g/mol. The number of benzene rings is 1. The molecule has 1 heterocycles. The first-order valence-electron chi connectivity index (χ1n) is 9.23. The van der Waals surface area contributed by atoms with Gasteiger partial charge in [-0.25, -0.2) is 0 Å². The Labute approximate surface area is 175 Å². The van der Waals surface area contributed by atoms with Gasteiger partial charge in [0.05, 0.1) is 0 Å². The molecule has 1 aromatic carbocycles. The monoisotopic (exact) mass is 474 g/mol. The number of rotatable bonds is 5. The maximum absolute atomic E-state index is 5.61. The van der Waals surface area contributed by atoms with Crippen molar-refractivity contribution in [3.8, 4) is 0 Å². The lowest BCUT2D eigenvalue weighted by atomic mass is 9.88. The molecule has 6 heteroatoms. The lowest BCUT2D eigenvalue weighted by Gasteiger charge is -2.41. The summed E-state index contributed by atoms with van der Waals surface area (Å²) in [5.41, 5.74) is 1.30. The fraction of sp³-hybridized carbons (Fsp3) is 0.650. The maximum atomic E-state index is 5.61. The molecule has 0 saturated carbocycles. The van der Waals surface area contributed by atoms with Crippen molar-refractivity contribution >= 4 is 29.9 Å². The van der Waals surface area contributed by atoms with Crippen LogP contribution in [-0.4, -0.2) is 43.8 Å². The summed E-state index contributed by atoms with van der Waals surface area (Å²) in [5.74, 6) is 0.840. The molecule has 1 unspecified atom stereocenters. The van der Waals surface area contributed by atoms with Crippen LogP contribution in [0.25, 0.3) is 0 Å². The van der Waals surface area contributed by atoms with Gasteiger partial charge in [0, 0.05) is 43.9 Å². The van der Waals surface area contributed by atoms with Crippen LogP contribution in [-0.2, 0) is 4.74 Å². The number of nitrogens with one attached hydrogen (secondary N) is 3. The molecule has 1 aromatic rings. The summed E-state index contributed by atoms with van der Waals surface area (Å²) in [4.78, 5) is 4.36. The van der Waals surface area contributed by atoms with E-state index in [4.69, 9.17) is 4.74 Å². The van der Waals surface area contributed by atoms with Gasteiger partial charge >= 0.3 is 0 Å². The SMILES string of the molecule is CN=C(NCC1(NC(C)c2ccccc2)CCOCC1)NC(C)(C)C.I. The Kier molecular flexibility index (Phi) is 9.33. The zero-order chi connectivity index (χ0) is 18.3. The van der Waals surface area contributed by atoms with Crippen molar-refractivity contribution in [1.29, 1.82) is 0 Å². The van der Waals surface area contributed by atoms with Crippen molar-refractivity contribution in [3.05, 3.63) is 35.9 Å². The van der Waals surface area contributed by atoms with E-state index in [0.717, 1.165) is 38.6 Å². The molecule has 1 fully saturated rings. The van der Waals surface area contributed by atoms with Crippen molar-refractivity contribution in [2.24, 2.45) is 4.99 Å². The summed E-state index contributed by atoms with van der Waals surface area (Å²) in [6.07, 6.45) is 1.98. The zero-order valence-corrected chi connectivity index (χ0v) is 19.1. The normalized spacial score (nSPS) is 18.6. The van der Waals surface area contributed by atoms with E-state index in [1.807, 2.05) is 7.05 Å². The van der Waals surface area contributed by atoms with E-state index in [-0.39, 0.29) is 35.1 Å². The minimum atomic E-state index is -0.0184. The standard InChI is InChI=1S/C20H34N4O.HI/c1-16(17-9-7-6-8-10-17)23-20(11-13-25-14-12-20)15-22-18(21-5)24-19(2,3)4;/h6-10,16,23H,11-15H2,1-5H3,(H2,21,22,24);1H. The molecular formula is C20H35IN4O. The van der Waals surface area contributed by atoms with Crippen LogP contribution in [0.15, 0.2) is 35.3 Å². The van der Waals surface area contributed by atoms with Crippen molar-refractivity contribution in [2.45, 2.75) is 57.7 Å². The average molecular weight is 474 g/mol. The molecule has 1 aliphatic rings. The van der Waals surface area contributed by atoms with E-state index in [0.29, 0.717) is 6.04 Å². The Morgan fingerprint density at radius 2 is 1.81 bits per heavy atom. The second-order valence-corrected chi connectivity index (χ2v) is 7.97. The number of aliphatic imine (C=N–C) groups is 1. The average Bonchev–Trinajstić information content (AvgIpc) is 2.59. The van der Waals surface area contributed by atoms with Crippen LogP contribution in [0.3, 0.4) is 0 Å². The lowest BCUT2D eigenvalue weighted by molar-refractivity contribution is 0.0354. The molecule has 26 heavy (non-hydrogen) atoms. The molecule has 1 saturated heterocycles. The Morgan fingerprint density at radius 3 is 2.35 bits per heavy atom. The molecule has 148 valence electrons. The third-order valence-electron chi connectivity index (χ3n) is 4.58. The quantitative estimate of drug-likeness (QED) is 0.348. The van der Waals surface area contributed by atoms with Gasteiger partial charge in [-0.15, -0.1) is 24.0 Å². The van der Waals surface area contributed by atoms with Crippen LogP contribution in [0, 0.1) is 0 Å². The topological polar surface area (TPSA) is 57.7 Å². The highest BCUT2D eigenvalue weighted by Crippen LogP contribution is 2.25. The van der Waals surface area contributed by atoms with Crippen LogP contribution >= 0.6 is 24.0 Å². The smallest absolute Gasteiger partial charge is 0.191 e. The van der Waals surface area contributed by atoms with Crippen LogP contribution < -0.4 is 16.0 Å². The molecule has 5 nitrogen and oxygen atoms in total. The van der Waals surface area contributed by atoms with Crippen molar-refractivity contribution < 1.29 is 4.74 Å². The molecule has 0 amide bonds. The molecule has 1 atom stereocenters. The second kappa shape index (κ2) is 10.5. The van der Waals surface area contributed by atoms with Crippen LogP contribution in [0.4, 0.5) is 0 Å². The van der Waals surface area contributed by atoms with E-state index in [1.54, 1.807) is 0 Å². The predicted octanol–water partition coefficient (Wildman–Crippen LogP) is 3.47. The molecule has 2 rings (SSSR count). The second-order valence-electron chi connectivity index (χ2n) is 7.97. The molecule has 0 bridgehead atoms. The summed E-state index contributed by atoms with van der Waals surface area (Å²) in [5, 5.41) is 10.8. The number of hydrogen-bond donors (Lipinski definition) is 3. The molecule has 0 aromatic heterocycles. The van der Waals surface area contributed by atoms with E-state index >= 15 is 0 Å². The van der Waals surface area contributed by atoms with Gasteiger partial charge in [0.1, 0.15) is 0 Å². The van der Waals surface area contributed by atoms with E-state index in [2.05, 4.69) is 79.0 Å². The number of halogens is 1. The fourth-order valence-corrected chi connectivity index (χ4v) is 3.21. The zero-order valence-electron chi connectivity index (χ0n) is 16.8. The first-order valence-corrected chi connectivity index (χ1v) is 9.23. The predicted molar refractivity (Wildman–Crippen MR) is 120 cm³/mol. The van der Waals surface area contributed by atoms with Crippen molar-refractivity contribution in [2.75, 3.05) is 26.8 Å². The molecule has 1 aliphatic heterocycles. The highest BCUT2D eigenvalue weighted by molar-refractivity contribution is 14.0. The number of nitrogens with zero attached hydrogens (tertiary/aromatic N) is 1. The highest BCUT2D eigenvalue weighted by Gasteiger charge is 2.34. The lowest BCUT2D eigenvalue weighted by Crippen LogP contribution is -2.59. The van der Waals surface area contributed by atoms with Gasteiger partial charge in [0.25, 0.3) is 0 Å². The van der Waals surface area contributed by atoms with Gasteiger partial charge in [-0.2, -0.15) is 0 Å². The summed E-state index contributed by atoms with van der Waals surface area (Å²) in [6, 6.07) is 10.9. The van der Waals surface area contributed by atoms with Crippen LogP contribution in [0.5, 0.6) is 0 Å². The Bertz CT molecular complexity index is 551. The van der Waals surface area contributed by atoms with Crippen molar-refractivity contribution in [3.63, 3.8) is 0 Å². The fourth-order valence-electron chi connectivity index (χ4n) is 3.21. The Morgan fingerprint density at radius 1 is 1.19 bits per heavy atom. The van der Waals surface area contributed by atoms with Gasteiger partial charge in [-0.05, 0) is 46.1 Å². The molecule has 0 radical (unpaired) electrons. The molecule has 0 aliphatic carbocycles. The largest absolute Gasteiger partial charge is 0.381 e. The van der Waals surface area contributed by atoms with E-state index in [1.165, 1.54) is 5.56 Å². The first-order chi connectivity index (χ1) is 11.8. The van der Waals surface area contributed by atoms with Gasteiger partial charge in [-0.3, -0.25) is 4.99 Å². The number of ether oxygens (including phenoxy) is 1. The number of hydrogen-bond acceptors (Lipinski definition) is 3. The summed E-state index contributed by atoms with van der Waals surface area (Å²) >= 11 is 0. The summed E-state index contributed by atoms with van der Waals surface area (Å²) < 4.78 is 5.61. The van der Waals surface area contributed by atoms with E-state index < -0.39 is 0 Å². The van der Waals surface area contributed by atoms with Gasteiger partial charge in [0.15, 0.2) is 5.96 Å². The minimum Gasteiger partial charge on any atom is -0.381 e. The van der Waals surface area contributed by atoms with Crippen LogP contribution in [0.1, 0.15) is 52.1 Å². The highest BCUT2D eigenvalue weighted by atomic mass is 127. The Balaban J connectivity index is 0.00000338. The van der Waals surface area contributed by atoms with Crippen LogP contribution in [0.2, 0.25) is 0 Å². The molecule has 3 N–H and O–H groups in total. The minimum absolute atomic E-state index is 0. The number of guanidine groups is 1. The summed E-state index contributed by atoms with van der Waals surface area (Å²) in [7, 11) is 1.82. The third-order valence-corrected chi connectivity index (χ3v) is 4.58. The summed E-state index contributed by atoms with van der Waals surface area (Å²) in [6.45, 7) is 11.1. The Hall–Kier alpha value is -0.860. The van der Waals surface area contributed by atoms with Gasteiger partial charge in [0.2, 0.25) is 0 Å². The maximum Gasteiger partial charge on any atom is 0.191 e. The van der Waals surface area contributed by atoms with Gasteiger partial charge in [-0.1, -0.05) is 30.3 Å².